The number of amides is 2. The van der Waals surface area contributed by atoms with Crippen LogP contribution in [0, 0.1) is 0 Å². The molecule has 3 aromatic heterocycles. The van der Waals surface area contributed by atoms with Gasteiger partial charge in [0.15, 0.2) is 5.82 Å². The fourth-order valence-electron chi connectivity index (χ4n) is 2.58. The number of carbonyl (C=O) groups excluding carboxylic acids is 1. The Kier molecular flexibility index (Phi) is 5.13. The molecule has 0 aliphatic rings. The first-order valence-corrected chi connectivity index (χ1v) is 8.25. The van der Waals surface area contributed by atoms with E-state index in [1.807, 2.05) is 38.5 Å². The molecule has 2 N–H and O–H groups in total. The summed E-state index contributed by atoms with van der Waals surface area (Å²) in [7, 11) is 2.03. The summed E-state index contributed by atoms with van der Waals surface area (Å²) in [4.78, 5) is 16.4. The van der Waals surface area contributed by atoms with Gasteiger partial charge < -0.3 is 15.2 Å². The van der Waals surface area contributed by atoms with E-state index < -0.39 is 0 Å². The first kappa shape index (κ1) is 16.8. The van der Waals surface area contributed by atoms with Crippen LogP contribution in [0.15, 0.2) is 55.1 Å². The second-order valence-corrected chi connectivity index (χ2v) is 6.00. The minimum absolute atomic E-state index is 0.0752. The topological polar surface area (TPSA) is 76.8 Å². The molecule has 7 nitrogen and oxygen atoms in total. The zero-order valence-electron chi connectivity index (χ0n) is 14.4. The van der Waals surface area contributed by atoms with E-state index in [1.165, 1.54) is 5.69 Å². The van der Waals surface area contributed by atoms with Gasteiger partial charge in [-0.1, -0.05) is 0 Å². The molecule has 0 aliphatic heterocycles. The zero-order chi connectivity index (χ0) is 17.6. The standard InChI is InChI=1S/C18H22N6O/c1-14(6-8-16-5-3-11-23(16)2)21-18(25)22-15-7-9-17(19-13-15)24-12-4-10-20-24/h3-5,7,9-14H,6,8H2,1-2H3,(H2,21,22,25)/t14-/m0/s1. The molecule has 2 amide bonds. The number of hydrogen-bond acceptors (Lipinski definition) is 3. The maximum absolute atomic E-state index is 12.1. The van der Waals surface area contributed by atoms with Gasteiger partial charge in [0.05, 0.1) is 11.9 Å². The SMILES string of the molecule is C[C@@H](CCc1cccn1C)NC(=O)Nc1ccc(-n2cccn2)nc1. The third kappa shape index (κ3) is 4.47. The maximum atomic E-state index is 12.1. The molecule has 130 valence electrons. The largest absolute Gasteiger partial charge is 0.354 e. The molecule has 0 saturated carbocycles. The number of anilines is 1. The van der Waals surface area contributed by atoms with Crippen LogP contribution < -0.4 is 10.6 Å². The molecule has 0 saturated heterocycles. The van der Waals surface area contributed by atoms with Crippen molar-refractivity contribution in [2.75, 3.05) is 5.32 Å². The van der Waals surface area contributed by atoms with E-state index in [0.29, 0.717) is 11.5 Å². The smallest absolute Gasteiger partial charge is 0.319 e. The lowest BCUT2D eigenvalue weighted by Crippen LogP contribution is -2.36. The number of pyridine rings is 1. The Labute approximate surface area is 146 Å². The molecule has 7 heteroatoms. The summed E-state index contributed by atoms with van der Waals surface area (Å²) >= 11 is 0. The second-order valence-electron chi connectivity index (χ2n) is 6.00. The molecule has 0 aliphatic carbocycles. The van der Waals surface area contributed by atoms with Gasteiger partial charge in [0, 0.05) is 37.4 Å². The van der Waals surface area contributed by atoms with E-state index >= 15 is 0 Å². The Bertz CT molecular complexity index is 806. The van der Waals surface area contributed by atoms with Crippen LogP contribution in [-0.4, -0.2) is 31.4 Å². The fourth-order valence-corrected chi connectivity index (χ4v) is 2.58. The Morgan fingerprint density at radius 3 is 2.76 bits per heavy atom. The molecular formula is C18H22N6O. The molecule has 25 heavy (non-hydrogen) atoms. The van der Waals surface area contributed by atoms with Crippen LogP contribution in [0.4, 0.5) is 10.5 Å². The van der Waals surface area contributed by atoms with Gasteiger partial charge in [-0.25, -0.2) is 14.5 Å². The number of nitrogens with zero attached hydrogens (tertiary/aromatic N) is 4. The fraction of sp³-hybridized carbons (Fsp3) is 0.278. The molecular weight excluding hydrogens is 316 g/mol. The number of carbonyl (C=O) groups is 1. The van der Waals surface area contributed by atoms with Gasteiger partial charge in [-0.05, 0) is 50.1 Å². The molecule has 3 heterocycles. The first-order chi connectivity index (χ1) is 12.1. The minimum atomic E-state index is -0.229. The molecule has 0 bridgehead atoms. The van der Waals surface area contributed by atoms with Gasteiger partial charge in [-0.2, -0.15) is 5.10 Å². The van der Waals surface area contributed by atoms with Gasteiger partial charge in [0.1, 0.15) is 0 Å². The summed E-state index contributed by atoms with van der Waals surface area (Å²) in [6.07, 6.45) is 8.95. The van der Waals surface area contributed by atoms with Gasteiger partial charge in [-0.15, -0.1) is 0 Å². The van der Waals surface area contributed by atoms with Crippen LogP contribution in [0.5, 0.6) is 0 Å². The van der Waals surface area contributed by atoms with Crippen LogP contribution in [-0.2, 0) is 13.5 Å². The van der Waals surface area contributed by atoms with Crippen molar-refractivity contribution in [1.82, 2.24) is 24.6 Å². The van der Waals surface area contributed by atoms with Crippen molar-refractivity contribution < 1.29 is 4.79 Å². The average molecular weight is 338 g/mol. The lowest BCUT2D eigenvalue weighted by molar-refractivity contribution is 0.248. The number of hydrogen-bond donors (Lipinski definition) is 2. The maximum Gasteiger partial charge on any atom is 0.319 e. The Morgan fingerprint density at radius 1 is 1.24 bits per heavy atom. The number of rotatable bonds is 6. The highest BCUT2D eigenvalue weighted by atomic mass is 16.2. The summed E-state index contributed by atoms with van der Waals surface area (Å²) in [5.74, 6) is 0.701. The normalized spacial score (nSPS) is 11.9. The Morgan fingerprint density at radius 2 is 2.12 bits per heavy atom. The lowest BCUT2D eigenvalue weighted by atomic mass is 10.1. The Hall–Kier alpha value is -3.09. The van der Waals surface area contributed by atoms with Gasteiger partial charge in [0.2, 0.25) is 0 Å². The minimum Gasteiger partial charge on any atom is -0.354 e. The highest BCUT2D eigenvalue weighted by Crippen LogP contribution is 2.09. The monoisotopic (exact) mass is 338 g/mol. The zero-order valence-corrected chi connectivity index (χ0v) is 14.4. The predicted octanol–water partition coefficient (Wildman–Crippen LogP) is 2.75. The predicted molar refractivity (Wildman–Crippen MR) is 96.7 cm³/mol. The summed E-state index contributed by atoms with van der Waals surface area (Å²) in [5.41, 5.74) is 1.90. The summed E-state index contributed by atoms with van der Waals surface area (Å²) in [6, 6.07) is 9.41. The van der Waals surface area contributed by atoms with Crippen molar-refractivity contribution in [3.05, 3.63) is 60.8 Å². The number of aryl methyl sites for hydroxylation is 2. The molecule has 3 rings (SSSR count). The first-order valence-electron chi connectivity index (χ1n) is 8.25. The van der Waals surface area contributed by atoms with Crippen LogP contribution in [0.2, 0.25) is 0 Å². The Balaban J connectivity index is 1.47. The van der Waals surface area contributed by atoms with E-state index in [4.69, 9.17) is 0 Å². The van der Waals surface area contributed by atoms with Crippen LogP contribution >= 0.6 is 0 Å². The van der Waals surface area contributed by atoms with E-state index in [0.717, 1.165) is 12.8 Å². The van der Waals surface area contributed by atoms with Crippen LogP contribution in [0.25, 0.3) is 5.82 Å². The van der Waals surface area contributed by atoms with Crippen molar-refractivity contribution in [2.24, 2.45) is 7.05 Å². The molecule has 0 spiro atoms. The van der Waals surface area contributed by atoms with E-state index in [-0.39, 0.29) is 12.1 Å². The summed E-state index contributed by atoms with van der Waals surface area (Å²) in [6.45, 7) is 2.00. The second kappa shape index (κ2) is 7.65. The summed E-state index contributed by atoms with van der Waals surface area (Å²) in [5, 5.41) is 9.87. The van der Waals surface area contributed by atoms with E-state index in [1.54, 1.807) is 29.2 Å². The highest BCUT2D eigenvalue weighted by molar-refractivity contribution is 5.89. The van der Waals surface area contributed by atoms with Crippen LogP contribution in [0.1, 0.15) is 19.0 Å². The van der Waals surface area contributed by atoms with Crippen molar-refractivity contribution in [2.45, 2.75) is 25.8 Å². The van der Waals surface area contributed by atoms with Gasteiger partial charge in [-0.3, -0.25) is 0 Å². The summed E-state index contributed by atoms with van der Waals surface area (Å²) < 4.78 is 3.76. The third-order valence-corrected chi connectivity index (χ3v) is 4.01. The van der Waals surface area contributed by atoms with Crippen molar-refractivity contribution >= 4 is 11.7 Å². The quantitative estimate of drug-likeness (QED) is 0.725. The lowest BCUT2D eigenvalue weighted by Gasteiger charge is -2.15. The van der Waals surface area contributed by atoms with Gasteiger partial charge >= 0.3 is 6.03 Å². The van der Waals surface area contributed by atoms with Crippen LogP contribution in [0.3, 0.4) is 0 Å². The number of nitrogens with one attached hydrogen (secondary N) is 2. The van der Waals surface area contributed by atoms with E-state index in [9.17, 15) is 4.79 Å². The number of urea groups is 1. The average Bonchev–Trinajstić information content (AvgIpc) is 3.25. The molecule has 1 atom stereocenters. The molecule has 0 unspecified atom stereocenters. The van der Waals surface area contributed by atoms with Gasteiger partial charge in [0.25, 0.3) is 0 Å². The van der Waals surface area contributed by atoms with Crippen molar-refractivity contribution in [3.63, 3.8) is 0 Å². The van der Waals surface area contributed by atoms with Crippen molar-refractivity contribution in [3.8, 4) is 5.82 Å². The third-order valence-electron chi connectivity index (χ3n) is 4.01. The van der Waals surface area contributed by atoms with Crippen molar-refractivity contribution in [1.29, 1.82) is 0 Å². The molecule has 3 aromatic rings. The molecule has 0 radical (unpaired) electrons. The molecule has 0 fully saturated rings. The molecule has 0 aromatic carbocycles. The van der Waals surface area contributed by atoms with E-state index in [2.05, 4.69) is 31.3 Å². The highest BCUT2D eigenvalue weighted by Gasteiger charge is 2.09. The number of aromatic nitrogens is 4.